The zero-order valence-electron chi connectivity index (χ0n) is 16.1. The number of sulfonamides is 1. The average molecular weight is 408 g/mol. The second-order valence-corrected chi connectivity index (χ2v) is 7.89. The Balaban J connectivity index is 1.85. The minimum atomic E-state index is -3.63. The molecule has 0 amide bonds. The van der Waals surface area contributed by atoms with E-state index in [0.717, 1.165) is 17.4 Å². The molecule has 2 aromatic rings. The lowest BCUT2D eigenvalue weighted by atomic mass is 10.2. The molecule has 9 heteroatoms. The summed E-state index contributed by atoms with van der Waals surface area (Å²) in [5.41, 5.74) is 1.60. The van der Waals surface area contributed by atoms with Crippen molar-refractivity contribution in [1.29, 1.82) is 0 Å². The molecule has 28 heavy (non-hydrogen) atoms. The van der Waals surface area contributed by atoms with E-state index in [1.165, 1.54) is 12.1 Å². The van der Waals surface area contributed by atoms with Crippen molar-refractivity contribution < 1.29 is 17.5 Å². The van der Waals surface area contributed by atoms with Crippen LogP contribution in [0.2, 0.25) is 0 Å². The van der Waals surface area contributed by atoms with Crippen LogP contribution in [0.15, 0.2) is 47.5 Å². The van der Waals surface area contributed by atoms with Gasteiger partial charge in [0.1, 0.15) is 11.6 Å². The van der Waals surface area contributed by atoms with Crippen molar-refractivity contribution in [2.75, 3.05) is 31.2 Å². The highest BCUT2D eigenvalue weighted by molar-refractivity contribution is 7.92. The number of hydrogen-bond donors (Lipinski definition) is 3. The molecule has 0 aliphatic heterocycles. The lowest BCUT2D eigenvalue weighted by molar-refractivity contribution is 0.409. The molecule has 2 aromatic carbocycles. The maximum absolute atomic E-state index is 13.6. The van der Waals surface area contributed by atoms with Gasteiger partial charge in [0.25, 0.3) is 0 Å². The number of methoxy groups -OCH3 is 1. The van der Waals surface area contributed by atoms with Crippen molar-refractivity contribution in [2.45, 2.75) is 13.5 Å². The Morgan fingerprint density at radius 3 is 2.61 bits per heavy atom. The molecule has 2 rings (SSSR count). The van der Waals surface area contributed by atoms with Crippen LogP contribution in [0, 0.1) is 12.7 Å². The van der Waals surface area contributed by atoms with Crippen LogP contribution in [-0.4, -0.2) is 40.8 Å². The van der Waals surface area contributed by atoms with Crippen LogP contribution in [0.3, 0.4) is 0 Å². The summed E-state index contributed by atoms with van der Waals surface area (Å²) in [6, 6.07) is 11.8. The van der Waals surface area contributed by atoms with E-state index in [1.807, 2.05) is 24.3 Å². The molecule has 0 aromatic heterocycles. The normalized spacial score (nSPS) is 11.8. The Labute approximate surface area is 165 Å². The molecule has 0 saturated carbocycles. The number of benzene rings is 2. The number of guanidine groups is 1. The molecule has 7 nitrogen and oxygen atoms in total. The molecule has 0 aliphatic rings. The van der Waals surface area contributed by atoms with E-state index in [0.29, 0.717) is 18.1 Å². The molecule has 0 fully saturated rings. The molecule has 0 radical (unpaired) electrons. The number of nitrogens with zero attached hydrogens (tertiary/aromatic N) is 1. The lowest BCUT2D eigenvalue weighted by Gasteiger charge is -2.14. The van der Waals surface area contributed by atoms with E-state index < -0.39 is 15.8 Å². The molecule has 0 saturated heterocycles. The van der Waals surface area contributed by atoms with Crippen LogP contribution in [0.25, 0.3) is 0 Å². The van der Waals surface area contributed by atoms with Gasteiger partial charge < -0.3 is 15.4 Å². The molecule has 0 spiro atoms. The van der Waals surface area contributed by atoms with Crippen molar-refractivity contribution in [3.63, 3.8) is 0 Å². The van der Waals surface area contributed by atoms with Crippen molar-refractivity contribution in [3.8, 4) is 5.75 Å². The summed E-state index contributed by atoms with van der Waals surface area (Å²) in [7, 11) is -0.430. The highest BCUT2D eigenvalue weighted by Gasteiger charge is 2.12. The van der Waals surface area contributed by atoms with Crippen molar-refractivity contribution in [1.82, 2.24) is 10.6 Å². The van der Waals surface area contributed by atoms with Gasteiger partial charge in [0, 0.05) is 25.7 Å². The Hall–Kier alpha value is -2.81. The van der Waals surface area contributed by atoms with Crippen LogP contribution >= 0.6 is 0 Å². The highest BCUT2D eigenvalue weighted by atomic mass is 32.2. The first-order chi connectivity index (χ1) is 13.3. The van der Waals surface area contributed by atoms with Crippen LogP contribution in [-0.2, 0) is 16.6 Å². The molecule has 0 bridgehead atoms. The molecule has 152 valence electrons. The van der Waals surface area contributed by atoms with Gasteiger partial charge in [-0.1, -0.05) is 24.3 Å². The summed E-state index contributed by atoms with van der Waals surface area (Å²) in [5.74, 6) is 0.557. The molecule has 0 heterocycles. The third-order valence-electron chi connectivity index (χ3n) is 3.97. The lowest BCUT2D eigenvalue weighted by Crippen LogP contribution is -2.39. The summed E-state index contributed by atoms with van der Waals surface area (Å²) in [6.07, 6.45) is 0. The smallest absolute Gasteiger partial charge is 0.234 e. The summed E-state index contributed by atoms with van der Waals surface area (Å²) in [4.78, 5) is 4.07. The maximum Gasteiger partial charge on any atom is 0.234 e. The first-order valence-corrected chi connectivity index (χ1v) is 10.3. The number of aryl methyl sites for hydroxylation is 1. The van der Waals surface area contributed by atoms with Crippen LogP contribution < -0.4 is 20.1 Å². The van der Waals surface area contributed by atoms with E-state index in [1.54, 1.807) is 21.1 Å². The zero-order valence-corrected chi connectivity index (χ0v) is 16.9. The summed E-state index contributed by atoms with van der Waals surface area (Å²) < 4.78 is 45.6. The van der Waals surface area contributed by atoms with E-state index in [9.17, 15) is 12.8 Å². The topological polar surface area (TPSA) is 91.8 Å². The largest absolute Gasteiger partial charge is 0.496 e. The van der Waals surface area contributed by atoms with Crippen molar-refractivity contribution >= 4 is 21.7 Å². The Morgan fingerprint density at radius 1 is 1.18 bits per heavy atom. The molecule has 0 aliphatic carbocycles. The number of halogens is 1. The predicted molar refractivity (Wildman–Crippen MR) is 110 cm³/mol. The fourth-order valence-electron chi connectivity index (χ4n) is 2.44. The molecule has 0 unspecified atom stereocenters. The minimum Gasteiger partial charge on any atom is -0.496 e. The number of nitrogens with one attached hydrogen (secondary N) is 3. The van der Waals surface area contributed by atoms with Gasteiger partial charge in [-0.05, 0) is 30.7 Å². The van der Waals surface area contributed by atoms with Crippen molar-refractivity contribution in [3.05, 3.63) is 59.4 Å². The molecular formula is C19H25FN4O3S. The highest BCUT2D eigenvalue weighted by Crippen LogP contribution is 2.16. The molecule has 3 N–H and O–H groups in total. The Kier molecular flexibility index (Phi) is 7.62. The van der Waals surface area contributed by atoms with E-state index in [-0.39, 0.29) is 18.0 Å². The molecule has 0 atom stereocenters. The monoisotopic (exact) mass is 408 g/mol. The summed E-state index contributed by atoms with van der Waals surface area (Å²) in [5, 5.41) is 6.05. The van der Waals surface area contributed by atoms with Crippen LogP contribution in [0.4, 0.5) is 10.1 Å². The van der Waals surface area contributed by atoms with E-state index in [4.69, 9.17) is 4.74 Å². The predicted octanol–water partition coefficient (Wildman–Crippen LogP) is 2.25. The number of ether oxygens (including phenoxy) is 1. The Morgan fingerprint density at radius 2 is 1.93 bits per heavy atom. The zero-order chi connectivity index (χ0) is 20.6. The SMILES string of the molecule is CN=C(NCCS(=O)(=O)Nc1ccc(C)c(F)c1)NCc1ccccc1OC. The second kappa shape index (κ2) is 9.93. The third kappa shape index (κ3) is 6.41. The van der Waals surface area contributed by atoms with Gasteiger partial charge >= 0.3 is 0 Å². The first kappa shape index (κ1) is 21.5. The number of para-hydroxylation sites is 1. The number of rotatable bonds is 8. The summed E-state index contributed by atoms with van der Waals surface area (Å²) in [6.45, 7) is 2.22. The second-order valence-electron chi connectivity index (χ2n) is 6.05. The van der Waals surface area contributed by atoms with E-state index in [2.05, 4.69) is 20.3 Å². The van der Waals surface area contributed by atoms with Gasteiger partial charge in [0.2, 0.25) is 10.0 Å². The molecular weight excluding hydrogens is 383 g/mol. The van der Waals surface area contributed by atoms with Gasteiger partial charge in [-0.25, -0.2) is 12.8 Å². The first-order valence-electron chi connectivity index (χ1n) is 8.67. The number of hydrogen-bond acceptors (Lipinski definition) is 4. The van der Waals surface area contributed by atoms with Crippen molar-refractivity contribution in [2.24, 2.45) is 4.99 Å². The minimum absolute atomic E-state index is 0.134. The fourth-order valence-corrected chi connectivity index (χ4v) is 3.40. The number of anilines is 1. The van der Waals surface area contributed by atoms with Crippen LogP contribution in [0.1, 0.15) is 11.1 Å². The van der Waals surface area contributed by atoms with Crippen LogP contribution in [0.5, 0.6) is 5.75 Å². The fraction of sp³-hybridized carbons (Fsp3) is 0.316. The maximum atomic E-state index is 13.6. The van der Waals surface area contributed by atoms with Gasteiger partial charge in [-0.3, -0.25) is 9.71 Å². The van der Waals surface area contributed by atoms with Gasteiger partial charge in [-0.15, -0.1) is 0 Å². The Bertz CT molecular complexity index is 933. The van der Waals surface area contributed by atoms with Gasteiger partial charge in [-0.2, -0.15) is 0 Å². The summed E-state index contributed by atoms with van der Waals surface area (Å²) >= 11 is 0. The standard InChI is InChI=1S/C19H25FN4O3S/c1-14-8-9-16(12-17(14)20)24-28(25,26)11-10-22-19(21-2)23-13-15-6-4-5-7-18(15)27-3/h4-9,12,24H,10-11,13H2,1-3H3,(H2,21,22,23). The van der Waals surface area contributed by atoms with E-state index >= 15 is 0 Å². The van der Waals surface area contributed by atoms with Gasteiger partial charge in [0.15, 0.2) is 5.96 Å². The number of aliphatic imine (C=N–C) groups is 1. The van der Waals surface area contributed by atoms with Gasteiger partial charge in [0.05, 0.1) is 18.6 Å². The quantitative estimate of drug-likeness (QED) is 0.460. The third-order valence-corrected chi connectivity index (χ3v) is 5.26. The average Bonchev–Trinajstić information content (AvgIpc) is 2.67.